The molecule has 1 atom stereocenters. The number of para-hydroxylation sites is 2. The van der Waals surface area contributed by atoms with Crippen LogP contribution in [-0.2, 0) is 19.1 Å². The molecule has 6 amide bonds. The van der Waals surface area contributed by atoms with Crippen LogP contribution in [0.4, 0.5) is 5.82 Å². The number of morpholine rings is 1. The van der Waals surface area contributed by atoms with E-state index in [1.54, 1.807) is 82.0 Å². The molecule has 2 spiro atoms. The average Bonchev–Trinajstić information content (AvgIpc) is 1.72. The number of carbonyl (C=O) groups is 6. The number of aromatic nitrogens is 5. The zero-order valence-electron chi connectivity index (χ0n) is 59.3. The number of nitrogen functional groups attached to an aromatic ring is 1. The highest BCUT2D eigenvalue weighted by Crippen LogP contribution is 2.58. The minimum atomic E-state index is -0.610. The molecule has 24 nitrogen and oxygen atoms in total. The van der Waals surface area contributed by atoms with Crippen molar-refractivity contribution in [1.29, 1.82) is 5.26 Å². The zero-order valence-corrected chi connectivity index (χ0v) is 60.1. The van der Waals surface area contributed by atoms with E-state index in [0.717, 1.165) is 137 Å². The molecule has 107 heavy (non-hydrogen) atoms. The predicted molar refractivity (Wildman–Crippen MR) is 405 cm³/mol. The molecule has 8 N–H and O–H groups in total. The van der Waals surface area contributed by atoms with Gasteiger partial charge in [0.05, 0.1) is 53.2 Å². The van der Waals surface area contributed by atoms with E-state index in [1.807, 2.05) is 125 Å². The van der Waals surface area contributed by atoms with Gasteiger partial charge in [-0.3, -0.25) is 38.3 Å². The lowest BCUT2D eigenvalue weighted by molar-refractivity contribution is -0.149. The number of amides is 6. The number of anilines is 1. The van der Waals surface area contributed by atoms with Crippen LogP contribution in [0.15, 0.2) is 189 Å². The lowest BCUT2D eigenvalue weighted by atomic mass is 9.60. The Labute approximate surface area is 623 Å². The van der Waals surface area contributed by atoms with E-state index in [9.17, 15) is 28.8 Å². The summed E-state index contributed by atoms with van der Waals surface area (Å²) >= 11 is 1.39. The van der Waals surface area contributed by atoms with Crippen LogP contribution >= 0.6 is 11.3 Å². The van der Waals surface area contributed by atoms with E-state index >= 15 is 0 Å². The van der Waals surface area contributed by atoms with Crippen LogP contribution in [0, 0.1) is 34.0 Å². The maximum Gasteiger partial charge on any atom is 0.298 e. The van der Waals surface area contributed by atoms with Gasteiger partial charge in [0.2, 0.25) is 11.8 Å². The summed E-state index contributed by atoms with van der Waals surface area (Å²) in [4.78, 5) is 86.5. The van der Waals surface area contributed by atoms with E-state index in [0.29, 0.717) is 69.2 Å². The van der Waals surface area contributed by atoms with Crippen molar-refractivity contribution >= 4 is 52.6 Å². The summed E-state index contributed by atoms with van der Waals surface area (Å²) in [5, 5.41) is 19.4. The number of nitrogens with zero attached hydrogens (tertiary/aromatic N) is 10. The molecule has 4 saturated heterocycles. The largest absolute Gasteiger partial charge is 0.457 e. The molecule has 6 aliphatic rings. The maximum absolute atomic E-state index is 12.6. The number of piperidine rings is 1. The topological polar surface area (TPSA) is 329 Å². The number of likely N-dealkylation sites (tertiary alicyclic amines) is 3. The molecule has 2 saturated carbocycles. The highest BCUT2D eigenvalue weighted by Gasteiger charge is 2.55. The molecule has 3 aromatic heterocycles. The Morgan fingerprint density at radius 1 is 0.636 bits per heavy atom. The molecule has 4 aliphatic heterocycles. The Morgan fingerprint density at radius 3 is 1.79 bits per heavy atom. The van der Waals surface area contributed by atoms with E-state index in [1.165, 1.54) is 17.4 Å². The Bertz CT molecular complexity index is 4900. The highest BCUT2D eigenvalue weighted by atomic mass is 32.1. The summed E-state index contributed by atoms with van der Waals surface area (Å²) in [5.74, 6) is 8.12. The molecule has 7 heterocycles. The molecule has 15 rings (SSSR count). The van der Waals surface area contributed by atoms with E-state index < -0.39 is 17.7 Å². The Balaban J connectivity index is 0.000000143. The first-order chi connectivity index (χ1) is 51.8. The van der Waals surface area contributed by atoms with Crippen molar-refractivity contribution in [3.05, 3.63) is 215 Å². The fourth-order valence-corrected chi connectivity index (χ4v) is 15.9. The first-order valence-corrected chi connectivity index (χ1v) is 36.4. The number of nitrogens with two attached hydrogens (primary N) is 4. The van der Waals surface area contributed by atoms with Crippen molar-refractivity contribution < 1.29 is 47.7 Å². The zero-order chi connectivity index (χ0) is 74.8. The maximum atomic E-state index is 12.6. The molecule has 546 valence electrons. The normalized spacial score (nSPS) is 17.1. The molecule has 6 aromatic carbocycles. The molecular formula is C82H82N14O10S. The Kier molecular flexibility index (Phi) is 22.2. The second kappa shape index (κ2) is 32.5. The van der Waals surface area contributed by atoms with Gasteiger partial charge in [0.1, 0.15) is 62.1 Å². The summed E-state index contributed by atoms with van der Waals surface area (Å²) in [6, 6.07) is 50.1. The number of thiazole rings is 1. The Morgan fingerprint density at radius 2 is 1.21 bits per heavy atom. The van der Waals surface area contributed by atoms with Crippen LogP contribution in [0.1, 0.15) is 111 Å². The second-order valence-electron chi connectivity index (χ2n) is 27.7. The first kappa shape index (κ1) is 73.2. The Hall–Kier alpha value is -12.2. The summed E-state index contributed by atoms with van der Waals surface area (Å²) < 4.78 is 26.4. The van der Waals surface area contributed by atoms with Crippen LogP contribution < -0.4 is 37.1 Å². The fourth-order valence-electron chi connectivity index (χ4n) is 14.8. The number of hydrogen-bond acceptors (Lipinski definition) is 17. The molecule has 9 aromatic rings. The van der Waals surface area contributed by atoms with Gasteiger partial charge in [-0.1, -0.05) is 61.0 Å². The second-order valence-corrected chi connectivity index (χ2v) is 28.7. The minimum Gasteiger partial charge on any atom is -0.457 e. The molecular weight excluding hydrogens is 1370 g/mol. The van der Waals surface area contributed by atoms with Gasteiger partial charge < -0.3 is 56.6 Å². The van der Waals surface area contributed by atoms with Crippen LogP contribution in [-0.4, -0.2) is 152 Å². The van der Waals surface area contributed by atoms with Crippen LogP contribution in [0.25, 0.3) is 33.8 Å². The van der Waals surface area contributed by atoms with E-state index in [-0.39, 0.29) is 57.9 Å². The molecule has 0 bridgehead atoms. The number of benzene rings is 6. The van der Waals surface area contributed by atoms with Gasteiger partial charge in [-0.25, -0.2) is 9.67 Å². The van der Waals surface area contributed by atoms with Crippen LogP contribution in [0.3, 0.4) is 0 Å². The summed E-state index contributed by atoms with van der Waals surface area (Å²) in [6.07, 6.45) is 12.9. The number of primary amides is 3. The summed E-state index contributed by atoms with van der Waals surface area (Å²) in [6.45, 7) is 13.4. The third kappa shape index (κ3) is 17.0. The molecule has 0 unspecified atom stereocenters. The third-order valence-electron chi connectivity index (χ3n) is 20.3. The van der Waals surface area contributed by atoms with Gasteiger partial charge in [0.15, 0.2) is 0 Å². The SMILES string of the molecule is C=CC(=O)N1CCC[C@@H](n2cc(C(N)=O)c(-c3ccc(Oc4cccc(C#N)c4)cc3)n2)C1.CC#CC(=O)N1CCC2(CC(c3nc(-c4ccc(Oc5ccccc5)cc4)c(C(N)=O)s3)C2)C1.NC(=O)c1c(-c2ccc(Oc3ccccc3)cc2)nn(C2CC3(C2)CN(C(=O)/C=C/CN2CCOCC2)C3)c1N. The number of ether oxygens (including phenoxy) is 4. The van der Waals surface area contributed by atoms with Gasteiger partial charge in [-0.15, -0.1) is 11.3 Å². The monoisotopic (exact) mass is 1450 g/mol. The third-order valence-corrected chi connectivity index (χ3v) is 21.5. The van der Waals surface area contributed by atoms with Gasteiger partial charge >= 0.3 is 0 Å². The van der Waals surface area contributed by atoms with Crippen LogP contribution in [0.2, 0.25) is 0 Å². The summed E-state index contributed by atoms with van der Waals surface area (Å²) in [5.41, 5.74) is 28.6. The van der Waals surface area contributed by atoms with Gasteiger partial charge in [0, 0.05) is 99.2 Å². The first-order valence-electron chi connectivity index (χ1n) is 35.6. The standard InChI is InChI=1S/C30H34N6O4.C27H25N3O3S.C25H23N5O3/c31-28-26(29(32)38)27(21-8-10-24(11-9-21)40-23-5-2-1-3-6-23)33-36(28)22-17-30(18-22)19-35(20-30)25(37)7-4-12-34-13-15-39-16-14-34;1-2-6-22(31)30-14-13-27(17-30)15-19(16-27)26-29-23(24(34-26)25(28)32)18-9-11-21(12-10-18)33-20-7-4-3-5-8-20;1-2-23(31)29-12-4-6-19(15-29)30-16-22(25(27)32)24(28-30)18-8-10-20(11-9-18)33-21-7-3-5-17(13-21)14-26/h1-11,22H,12-20,31H2,(H2,32,38);3-5,7-12,19H,13-17H2,1H3,(H2,28,32);2-3,5,7-11,13,16,19H,1,4,6,12,15H2,(H2,27,32)/b7-4+;;/t;;19-/m..1/s1. The van der Waals surface area contributed by atoms with Crippen molar-refractivity contribution in [2.24, 2.45) is 28.0 Å². The van der Waals surface area contributed by atoms with E-state index in [4.69, 9.17) is 57.2 Å². The van der Waals surface area contributed by atoms with Crippen molar-refractivity contribution in [2.45, 2.75) is 69.9 Å². The van der Waals surface area contributed by atoms with Crippen molar-refractivity contribution in [3.8, 4) is 86.2 Å². The summed E-state index contributed by atoms with van der Waals surface area (Å²) in [7, 11) is 0. The number of hydrogen-bond donors (Lipinski definition) is 4. The van der Waals surface area contributed by atoms with Gasteiger partial charge in [-0.2, -0.15) is 15.5 Å². The van der Waals surface area contributed by atoms with Gasteiger partial charge in [-0.05, 0) is 185 Å². The van der Waals surface area contributed by atoms with Crippen molar-refractivity contribution in [3.63, 3.8) is 0 Å². The van der Waals surface area contributed by atoms with E-state index in [2.05, 4.69) is 34.5 Å². The highest BCUT2D eigenvalue weighted by molar-refractivity contribution is 7.14. The number of carbonyl (C=O) groups excluding carboxylic acids is 6. The predicted octanol–water partition coefficient (Wildman–Crippen LogP) is 11.6. The fraction of sp³-hybridized carbons (Fsp3) is 0.293. The van der Waals surface area contributed by atoms with Crippen LogP contribution in [0.5, 0.6) is 34.5 Å². The molecule has 25 heteroatoms. The molecule has 2 aliphatic carbocycles. The average molecular weight is 1460 g/mol. The quantitative estimate of drug-likeness (QED) is 0.0432. The molecule has 6 fully saturated rings. The lowest BCUT2D eigenvalue weighted by Crippen LogP contribution is -2.63. The number of rotatable bonds is 19. The lowest BCUT2D eigenvalue weighted by Gasteiger charge is -2.58. The van der Waals surface area contributed by atoms with Gasteiger partial charge in [0.25, 0.3) is 23.6 Å². The number of nitriles is 1. The van der Waals surface area contributed by atoms with Crippen molar-refractivity contribution in [2.75, 3.05) is 77.9 Å². The van der Waals surface area contributed by atoms with Crippen molar-refractivity contribution in [1.82, 2.24) is 44.1 Å². The smallest absolute Gasteiger partial charge is 0.298 e. The minimum absolute atomic E-state index is 0.0514. The molecule has 0 radical (unpaired) electrons.